The predicted octanol–water partition coefficient (Wildman–Crippen LogP) is 2.85. The highest BCUT2D eigenvalue weighted by molar-refractivity contribution is 6.31. The van der Waals surface area contributed by atoms with Gasteiger partial charge in [-0.15, -0.1) is 0 Å². The molecule has 2 nitrogen and oxygen atoms in total. The van der Waals surface area contributed by atoms with Crippen molar-refractivity contribution in [3.05, 3.63) is 34.6 Å². The Kier molecular flexibility index (Phi) is 3.25. The van der Waals surface area contributed by atoms with Crippen LogP contribution in [0, 0.1) is 5.82 Å². The van der Waals surface area contributed by atoms with Crippen molar-refractivity contribution in [3.8, 4) is 0 Å². The van der Waals surface area contributed by atoms with Crippen LogP contribution in [0.2, 0.25) is 5.02 Å². The summed E-state index contributed by atoms with van der Waals surface area (Å²) in [5.41, 5.74) is 1.40. The normalized spacial score (nSPS) is 11.5. The molecule has 0 unspecified atom stereocenters. The molecule has 0 spiro atoms. The van der Waals surface area contributed by atoms with Crippen molar-refractivity contribution < 1.29 is 9.23 Å². The van der Waals surface area contributed by atoms with E-state index >= 15 is 0 Å². The van der Waals surface area contributed by atoms with Gasteiger partial charge >= 0.3 is 0 Å². The summed E-state index contributed by atoms with van der Waals surface area (Å²) >= 11 is 5.59. The third-order valence-corrected chi connectivity index (χ3v) is 1.86. The molecule has 0 saturated carbocycles. The predicted molar refractivity (Wildman–Crippen MR) is 50.6 cm³/mol. The van der Waals surface area contributed by atoms with E-state index < -0.39 is 5.82 Å². The zero-order chi connectivity index (χ0) is 9.84. The Bertz CT molecular complexity index is 338. The minimum atomic E-state index is -0.435. The van der Waals surface area contributed by atoms with Crippen LogP contribution in [-0.2, 0) is 4.84 Å². The van der Waals surface area contributed by atoms with Crippen LogP contribution in [0.15, 0.2) is 23.4 Å². The minimum absolute atomic E-state index is 0.0863. The summed E-state index contributed by atoms with van der Waals surface area (Å²) in [7, 11) is 1.45. The van der Waals surface area contributed by atoms with Gasteiger partial charge in [-0.25, -0.2) is 4.39 Å². The average molecular weight is 202 g/mol. The number of benzene rings is 1. The standard InChI is InChI=1S/C9H9ClFNO/c1-6(12-13-2)7-3-4-9(11)8(10)5-7/h3-5H,1-2H3. The fourth-order valence-corrected chi connectivity index (χ4v) is 1.09. The lowest BCUT2D eigenvalue weighted by molar-refractivity contribution is 0.213. The number of hydrogen-bond donors (Lipinski definition) is 0. The first kappa shape index (κ1) is 9.99. The zero-order valence-corrected chi connectivity index (χ0v) is 8.10. The lowest BCUT2D eigenvalue weighted by atomic mass is 10.1. The molecule has 1 aromatic rings. The molecule has 0 aromatic heterocycles. The van der Waals surface area contributed by atoms with Gasteiger partial charge in [-0.1, -0.05) is 22.8 Å². The maximum absolute atomic E-state index is 12.7. The molecular formula is C9H9ClFNO. The van der Waals surface area contributed by atoms with Crippen LogP contribution in [0.25, 0.3) is 0 Å². The van der Waals surface area contributed by atoms with Gasteiger partial charge < -0.3 is 4.84 Å². The van der Waals surface area contributed by atoms with E-state index in [4.69, 9.17) is 11.6 Å². The Balaban J connectivity index is 3.04. The van der Waals surface area contributed by atoms with Crippen molar-refractivity contribution >= 4 is 17.3 Å². The van der Waals surface area contributed by atoms with E-state index in [1.807, 2.05) is 0 Å². The van der Waals surface area contributed by atoms with Gasteiger partial charge in [0.15, 0.2) is 0 Å². The Morgan fingerprint density at radius 1 is 1.54 bits per heavy atom. The Morgan fingerprint density at radius 3 is 2.77 bits per heavy atom. The average Bonchev–Trinajstić information content (AvgIpc) is 2.10. The second-order valence-corrected chi connectivity index (χ2v) is 2.90. The summed E-state index contributed by atoms with van der Waals surface area (Å²) in [6.07, 6.45) is 0. The van der Waals surface area contributed by atoms with Gasteiger partial charge in [-0.05, 0) is 19.1 Å². The highest BCUT2D eigenvalue weighted by Gasteiger charge is 2.03. The minimum Gasteiger partial charge on any atom is -0.399 e. The molecule has 70 valence electrons. The van der Waals surface area contributed by atoms with E-state index in [1.165, 1.54) is 19.2 Å². The second kappa shape index (κ2) is 4.23. The van der Waals surface area contributed by atoms with Gasteiger partial charge in [0.05, 0.1) is 10.7 Å². The van der Waals surface area contributed by atoms with Crippen LogP contribution < -0.4 is 0 Å². The Hall–Kier alpha value is -1.09. The Labute approximate surface area is 81.0 Å². The smallest absolute Gasteiger partial charge is 0.141 e. The summed E-state index contributed by atoms with van der Waals surface area (Å²) in [6, 6.07) is 4.40. The number of hydrogen-bond acceptors (Lipinski definition) is 2. The molecule has 0 aliphatic heterocycles. The van der Waals surface area contributed by atoms with Gasteiger partial charge in [0, 0.05) is 5.56 Å². The molecule has 4 heteroatoms. The van der Waals surface area contributed by atoms with Crippen molar-refractivity contribution in [3.63, 3.8) is 0 Å². The molecule has 0 radical (unpaired) electrons. The van der Waals surface area contributed by atoms with Gasteiger partial charge in [0.25, 0.3) is 0 Å². The molecule has 0 aliphatic rings. The van der Waals surface area contributed by atoms with Crippen molar-refractivity contribution in [2.24, 2.45) is 5.16 Å². The Morgan fingerprint density at radius 2 is 2.23 bits per heavy atom. The highest BCUT2D eigenvalue weighted by atomic mass is 35.5. The molecule has 0 heterocycles. The number of rotatable bonds is 2. The first-order valence-corrected chi connectivity index (χ1v) is 4.06. The summed E-state index contributed by atoms with van der Waals surface area (Å²) in [5, 5.41) is 3.79. The van der Waals surface area contributed by atoms with Crippen LogP contribution in [0.3, 0.4) is 0 Å². The molecular weight excluding hydrogens is 193 g/mol. The van der Waals surface area contributed by atoms with E-state index in [9.17, 15) is 4.39 Å². The maximum Gasteiger partial charge on any atom is 0.141 e. The number of nitrogens with zero attached hydrogens (tertiary/aromatic N) is 1. The van der Waals surface area contributed by atoms with Crippen molar-refractivity contribution in [2.45, 2.75) is 6.92 Å². The SMILES string of the molecule is CON=C(C)c1ccc(F)c(Cl)c1. The molecule has 0 fully saturated rings. The van der Waals surface area contributed by atoms with E-state index in [1.54, 1.807) is 13.0 Å². The van der Waals surface area contributed by atoms with Crippen LogP contribution >= 0.6 is 11.6 Å². The van der Waals surface area contributed by atoms with Crippen LogP contribution in [0.4, 0.5) is 4.39 Å². The lowest BCUT2D eigenvalue weighted by Gasteiger charge is -2.00. The molecule has 0 amide bonds. The fourth-order valence-electron chi connectivity index (χ4n) is 0.911. The first-order chi connectivity index (χ1) is 6.15. The molecule has 0 saturated heterocycles. The van der Waals surface area contributed by atoms with Crippen LogP contribution in [0.1, 0.15) is 12.5 Å². The van der Waals surface area contributed by atoms with Gasteiger partial charge in [-0.2, -0.15) is 0 Å². The van der Waals surface area contributed by atoms with E-state index in [0.717, 1.165) is 5.56 Å². The molecule has 1 rings (SSSR count). The van der Waals surface area contributed by atoms with Crippen LogP contribution in [-0.4, -0.2) is 12.8 Å². The van der Waals surface area contributed by atoms with Crippen LogP contribution in [0.5, 0.6) is 0 Å². The van der Waals surface area contributed by atoms with Gasteiger partial charge in [0.1, 0.15) is 12.9 Å². The quantitative estimate of drug-likeness (QED) is 0.533. The zero-order valence-electron chi connectivity index (χ0n) is 7.34. The highest BCUT2D eigenvalue weighted by Crippen LogP contribution is 2.16. The van der Waals surface area contributed by atoms with E-state index in [-0.39, 0.29) is 5.02 Å². The van der Waals surface area contributed by atoms with E-state index in [2.05, 4.69) is 9.99 Å². The molecule has 1 aromatic carbocycles. The summed E-state index contributed by atoms with van der Waals surface area (Å²) in [6.45, 7) is 1.76. The summed E-state index contributed by atoms with van der Waals surface area (Å²) < 4.78 is 12.7. The lowest BCUT2D eigenvalue weighted by Crippen LogP contribution is -1.95. The molecule has 0 N–H and O–H groups in total. The third kappa shape index (κ3) is 2.42. The molecule has 0 atom stereocenters. The van der Waals surface area contributed by atoms with Crippen molar-refractivity contribution in [1.82, 2.24) is 0 Å². The maximum atomic E-state index is 12.7. The largest absolute Gasteiger partial charge is 0.399 e. The summed E-state index contributed by atoms with van der Waals surface area (Å²) in [4.78, 5) is 4.58. The third-order valence-electron chi connectivity index (χ3n) is 1.57. The first-order valence-electron chi connectivity index (χ1n) is 3.68. The van der Waals surface area contributed by atoms with Crippen molar-refractivity contribution in [2.75, 3.05) is 7.11 Å². The molecule has 0 bridgehead atoms. The number of halogens is 2. The number of oxime groups is 1. The summed E-state index contributed by atoms with van der Waals surface area (Å²) in [5.74, 6) is -0.435. The topological polar surface area (TPSA) is 21.6 Å². The second-order valence-electron chi connectivity index (χ2n) is 2.49. The van der Waals surface area contributed by atoms with Gasteiger partial charge in [0.2, 0.25) is 0 Å². The van der Waals surface area contributed by atoms with Crippen molar-refractivity contribution in [1.29, 1.82) is 0 Å². The molecule has 13 heavy (non-hydrogen) atoms. The van der Waals surface area contributed by atoms with Gasteiger partial charge in [-0.3, -0.25) is 0 Å². The monoisotopic (exact) mass is 201 g/mol. The molecule has 0 aliphatic carbocycles. The fraction of sp³-hybridized carbons (Fsp3) is 0.222. The van der Waals surface area contributed by atoms with E-state index in [0.29, 0.717) is 5.71 Å².